The molecule has 1 amide bonds. The molecule has 0 bridgehead atoms. The minimum atomic E-state index is 0.0360. The van der Waals surface area contributed by atoms with E-state index in [-0.39, 0.29) is 12.5 Å². The molecular weight excluding hydrogens is 306 g/mol. The van der Waals surface area contributed by atoms with Crippen LogP contribution in [0.25, 0.3) is 0 Å². The summed E-state index contributed by atoms with van der Waals surface area (Å²) in [5.41, 5.74) is 0. The van der Waals surface area contributed by atoms with Crippen molar-refractivity contribution in [3.8, 4) is 11.5 Å². The van der Waals surface area contributed by atoms with E-state index in [1.807, 2.05) is 29.2 Å². The van der Waals surface area contributed by atoms with E-state index in [1.54, 1.807) is 7.11 Å². The Morgan fingerprint density at radius 2 is 1.79 bits per heavy atom. The molecule has 0 atom stereocenters. The van der Waals surface area contributed by atoms with Gasteiger partial charge in [0, 0.05) is 26.2 Å². The first-order valence-corrected chi connectivity index (χ1v) is 8.51. The van der Waals surface area contributed by atoms with Gasteiger partial charge in [0.05, 0.1) is 7.11 Å². The Kier molecular flexibility index (Phi) is 7.34. The predicted octanol–water partition coefficient (Wildman–Crippen LogP) is 1.17. The van der Waals surface area contributed by atoms with Gasteiger partial charge in [-0.05, 0) is 45.7 Å². The lowest BCUT2D eigenvalue weighted by Gasteiger charge is -2.34. The maximum Gasteiger partial charge on any atom is 0.260 e. The Balaban J connectivity index is 1.71. The number of piperazine rings is 1. The normalized spacial score (nSPS) is 15.6. The number of hydrogen-bond donors (Lipinski definition) is 0. The first-order valence-electron chi connectivity index (χ1n) is 8.51. The quantitative estimate of drug-likeness (QED) is 0.714. The predicted molar refractivity (Wildman–Crippen MR) is 94.7 cm³/mol. The second-order valence-corrected chi connectivity index (χ2v) is 6.32. The maximum atomic E-state index is 12.3. The topological polar surface area (TPSA) is 45.3 Å². The fourth-order valence-electron chi connectivity index (χ4n) is 2.80. The summed E-state index contributed by atoms with van der Waals surface area (Å²) >= 11 is 0. The Morgan fingerprint density at radius 1 is 1.12 bits per heavy atom. The van der Waals surface area contributed by atoms with Gasteiger partial charge in [-0.25, -0.2) is 0 Å². The summed E-state index contributed by atoms with van der Waals surface area (Å²) in [4.78, 5) is 18.8. The molecule has 6 heteroatoms. The van der Waals surface area contributed by atoms with E-state index >= 15 is 0 Å². The highest BCUT2D eigenvalue weighted by Crippen LogP contribution is 2.25. The van der Waals surface area contributed by atoms with Crippen LogP contribution in [0.15, 0.2) is 24.3 Å². The fourth-order valence-corrected chi connectivity index (χ4v) is 2.80. The summed E-state index contributed by atoms with van der Waals surface area (Å²) in [7, 11) is 5.79. The van der Waals surface area contributed by atoms with Gasteiger partial charge in [0.2, 0.25) is 0 Å². The van der Waals surface area contributed by atoms with Crippen LogP contribution in [-0.2, 0) is 4.79 Å². The number of hydrogen-bond acceptors (Lipinski definition) is 5. The number of ether oxygens (including phenoxy) is 2. The van der Waals surface area contributed by atoms with Crippen molar-refractivity contribution in [2.24, 2.45) is 0 Å². The number of benzene rings is 1. The molecule has 2 rings (SSSR count). The molecule has 134 valence electrons. The smallest absolute Gasteiger partial charge is 0.260 e. The highest BCUT2D eigenvalue weighted by molar-refractivity contribution is 5.78. The lowest BCUT2D eigenvalue weighted by atomic mass is 10.2. The molecule has 0 aliphatic carbocycles. The Labute approximate surface area is 144 Å². The molecule has 0 saturated carbocycles. The lowest BCUT2D eigenvalue weighted by molar-refractivity contribution is -0.135. The largest absolute Gasteiger partial charge is 0.493 e. The van der Waals surface area contributed by atoms with Crippen molar-refractivity contribution in [1.29, 1.82) is 0 Å². The number of amides is 1. The number of carbonyl (C=O) groups is 1. The van der Waals surface area contributed by atoms with Gasteiger partial charge in [0.15, 0.2) is 18.1 Å². The van der Waals surface area contributed by atoms with Gasteiger partial charge in [-0.2, -0.15) is 0 Å². The number of nitrogens with zero attached hydrogens (tertiary/aromatic N) is 3. The second kappa shape index (κ2) is 9.49. The van der Waals surface area contributed by atoms with Gasteiger partial charge >= 0.3 is 0 Å². The van der Waals surface area contributed by atoms with Crippen LogP contribution in [0.4, 0.5) is 0 Å². The SMILES string of the molecule is COc1ccccc1OCC(=O)N1CCN(CCCN(C)C)CC1. The van der Waals surface area contributed by atoms with Gasteiger partial charge in [-0.3, -0.25) is 9.69 Å². The van der Waals surface area contributed by atoms with Crippen LogP contribution < -0.4 is 9.47 Å². The average Bonchev–Trinajstić information content (AvgIpc) is 2.60. The minimum absolute atomic E-state index is 0.0360. The van der Waals surface area contributed by atoms with E-state index in [2.05, 4.69) is 23.9 Å². The second-order valence-electron chi connectivity index (χ2n) is 6.32. The van der Waals surface area contributed by atoms with Crippen molar-refractivity contribution in [3.63, 3.8) is 0 Å². The van der Waals surface area contributed by atoms with Crippen LogP contribution in [0.3, 0.4) is 0 Å². The molecule has 0 spiro atoms. The zero-order valence-corrected chi connectivity index (χ0v) is 15.0. The summed E-state index contributed by atoms with van der Waals surface area (Å²) in [5, 5.41) is 0. The molecule has 6 nitrogen and oxygen atoms in total. The summed E-state index contributed by atoms with van der Waals surface area (Å²) < 4.78 is 10.9. The van der Waals surface area contributed by atoms with Crippen molar-refractivity contribution >= 4 is 5.91 Å². The minimum Gasteiger partial charge on any atom is -0.493 e. The molecule has 1 aromatic rings. The van der Waals surface area contributed by atoms with Crippen molar-refractivity contribution in [3.05, 3.63) is 24.3 Å². The molecule has 1 fully saturated rings. The van der Waals surface area contributed by atoms with Crippen LogP contribution >= 0.6 is 0 Å². The standard InChI is InChI=1S/C18H29N3O3/c1-19(2)9-6-10-20-11-13-21(14-12-20)18(22)15-24-17-8-5-4-7-16(17)23-3/h4-5,7-8H,6,9-15H2,1-3H3. The number of para-hydroxylation sites is 2. The number of rotatable bonds is 8. The summed E-state index contributed by atoms with van der Waals surface area (Å²) in [6, 6.07) is 7.39. The van der Waals surface area contributed by atoms with Gasteiger partial charge in [-0.15, -0.1) is 0 Å². The van der Waals surface area contributed by atoms with Crippen molar-refractivity contribution in [2.45, 2.75) is 6.42 Å². The Hall–Kier alpha value is -1.79. The van der Waals surface area contributed by atoms with Gasteiger partial charge in [0.1, 0.15) is 0 Å². The third-order valence-electron chi connectivity index (χ3n) is 4.22. The fraction of sp³-hybridized carbons (Fsp3) is 0.611. The molecule has 24 heavy (non-hydrogen) atoms. The van der Waals surface area contributed by atoms with Crippen LogP contribution in [0.5, 0.6) is 11.5 Å². The van der Waals surface area contributed by atoms with Crippen LogP contribution in [0, 0.1) is 0 Å². The van der Waals surface area contributed by atoms with E-state index in [9.17, 15) is 4.79 Å². The molecule has 1 aliphatic rings. The zero-order chi connectivity index (χ0) is 17.4. The monoisotopic (exact) mass is 335 g/mol. The van der Waals surface area contributed by atoms with Crippen LogP contribution in [-0.4, -0.2) is 87.7 Å². The van der Waals surface area contributed by atoms with E-state index in [0.29, 0.717) is 11.5 Å². The number of methoxy groups -OCH3 is 1. The molecular formula is C18H29N3O3. The van der Waals surface area contributed by atoms with E-state index < -0.39 is 0 Å². The molecule has 0 aromatic heterocycles. The third kappa shape index (κ3) is 5.69. The van der Waals surface area contributed by atoms with Gasteiger partial charge < -0.3 is 19.3 Å². The first kappa shape index (κ1) is 18.5. The van der Waals surface area contributed by atoms with Crippen LogP contribution in [0.2, 0.25) is 0 Å². The molecule has 1 heterocycles. The highest BCUT2D eigenvalue weighted by Gasteiger charge is 2.21. The van der Waals surface area contributed by atoms with Gasteiger partial charge in [-0.1, -0.05) is 12.1 Å². The van der Waals surface area contributed by atoms with E-state index in [4.69, 9.17) is 9.47 Å². The van der Waals surface area contributed by atoms with Crippen molar-refractivity contribution < 1.29 is 14.3 Å². The Bertz CT molecular complexity index is 514. The molecule has 1 saturated heterocycles. The van der Waals surface area contributed by atoms with Crippen molar-refractivity contribution in [2.75, 3.05) is 67.1 Å². The first-order chi connectivity index (χ1) is 11.6. The van der Waals surface area contributed by atoms with Crippen molar-refractivity contribution in [1.82, 2.24) is 14.7 Å². The highest BCUT2D eigenvalue weighted by atomic mass is 16.5. The third-order valence-corrected chi connectivity index (χ3v) is 4.22. The average molecular weight is 335 g/mol. The van der Waals surface area contributed by atoms with E-state index in [1.165, 1.54) is 0 Å². The maximum absolute atomic E-state index is 12.3. The molecule has 0 radical (unpaired) electrons. The van der Waals surface area contributed by atoms with E-state index in [0.717, 1.165) is 45.7 Å². The zero-order valence-electron chi connectivity index (χ0n) is 15.0. The number of carbonyl (C=O) groups excluding carboxylic acids is 1. The van der Waals surface area contributed by atoms with Crippen LogP contribution in [0.1, 0.15) is 6.42 Å². The molecule has 1 aliphatic heterocycles. The Morgan fingerprint density at radius 3 is 2.42 bits per heavy atom. The summed E-state index contributed by atoms with van der Waals surface area (Å²) in [5.74, 6) is 1.29. The molecule has 0 N–H and O–H groups in total. The summed E-state index contributed by atoms with van der Waals surface area (Å²) in [6.07, 6.45) is 1.16. The summed E-state index contributed by atoms with van der Waals surface area (Å²) in [6.45, 7) is 5.68. The van der Waals surface area contributed by atoms with Gasteiger partial charge in [0.25, 0.3) is 5.91 Å². The lowest BCUT2D eigenvalue weighted by Crippen LogP contribution is -2.50. The molecule has 0 unspecified atom stereocenters. The molecule has 1 aromatic carbocycles.